The van der Waals surface area contributed by atoms with Crippen molar-refractivity contribution >= 4 is 23.5 Å². The van der Waals surface area contributed by atoms with Gasteiger partial charge in [-0.15, -0.1) is 0 Å². The number of amides is 4. The first-order valence-corrected chi connectivity index (χ1v) is 7.91. The third kappa shape index (κ3) is 3.88. The van der Waals surface area contributed by atoms with Crippen molar-refractivity contribution < 1.29 is 14.4 Å². The van der Waals surface area contributed by atoms with Crippen LogP contribution in [0, 0.1) is 5.92 Å². The fraction of sp³-hybridized carbons (Fsp3) is 0.471. The van der Waals surface area contributed by atoms with Crippen LogP contribution in [0.3, 0.4) is 0 Å². The summed E-state index contributed by atoms with van der Waals surface area (Å²) in [5, 5.41) is 2.65. The van der Waals surface area contributed by atoms with E-state index in [0.29, 0.717) is 13.0 Å². The zero-order valence-corrected chi connectivity index (χ0v) is 13.8. The molecule has 0 bridgehead atoms. The van der Waals surface area contributed by atoms with Crippen LogP contribution in [0.1, 0.15) is 27.2 Å². The molecule has 1 N–H and O–H groups in total. The molecule has 1 heterocycles. The van der Waals surface area contributed by atoms with Crippen LogP contribution in [0.15, 0.2) is 30.3 Å². The van der Waals surface area contributed by atoms with Crippen LogP contribution in [0.25, 0.3) is 0 Å². The van der Waals surface area contributed by atoms with Crippen LogP contribution >= 0.6 is 0 Å². The topological polar surface area (TPSA) is 69.7 Å². The lowest BCUT2D eigenvalue weighted by Crippen LogP contribution is -2.43. The van der Waals surface area contributed by atoms with Gasteiger partial charge in [-0.25, -0.2) is 4.79 Å². The number of carbonyl (C=O) groups is 3. The molecule has 2 rings (SSSR count). The van der Waals surface area contributed by atoms with Crippen molar-refractivity contribution in [2.24, 2.45) is 5.92 Å². The molecule has 1 atom stereocenters. The second-order valence-electron chi connectivity index (χ2n) is 6.03. The Bertz CT molecular complexity index is 586. The van der Waals surface area contributed by atoms with Gasteiger partial charge in [0.2, 0.25) is 5.91 Å². The van der Waals surface area contributed by atoms with E-state index in [-0.39, 0.29) is 24.3 Å². The fourth-order valence-electron chi connectivity index (χ4n) is 2.69. The molecule has 0 spiro atoms. The molecule has 1 unspecified atom stereocenters. The molecule has 0 aromatic heterocycles. The number of hydrogen-bond donors (Lipinski definition) is 1. The van der Waals surface area contributed by atoms with Crippen molar-refractivity contribution in [2.75, 3.05) is 18.0 Å². The molecule has 124 valence electrons. The van der Waals surface area contributed by atoms with Crippen LogP contribution < -0.4 is 10.2 Å². The van der Waals surface area contributed by atoms with Gasteiger partial charge in [0, 0.05) is 12.2 Å². The van der Waals surface area contributed by atoms with E-state index >= 15 is 0 Å². The second-order valence-corrected chi connectivity index (χ2v) is 6.03. The van der Waals surface area contributed by atoms with Gasteiger partial charge < -0.3 is 10.2 Å². The first-order valence-electron chi connectivity index (χ1n) is 7.91. The average Bonchev–Trinajstić information content (AvgIpc) is 2.76. The van der Waals surface area contributed by atoms with E-state index in [9.17, 15) is 14.4 Å². The molecule has 1 aliphatic heterocycles. The van der Waals surface area contributed by atoms with Crippen molar-refractivity contribution in [3.8, 4) is 0 Å². The van der Waals surface area contributed by atoms with E-state index in [1.807, 2.05) is 51.1 Å². The first kappa shape index (κ1) is 17.0. The standard InChI is InChI=1S/C17H23N3O3/c1-4-19(13-8-6-5-7-9-13)15(21)11-20-16(22)14(10-12(2)3)18-17(20)23/h5-9,12,14H,4,10-11H2,1-3H3,(H,18,23). The highest BCUT2D eigenvalue weighted by atomic mass is 16.2. The van der Waals surface area contributed by atoms with Crippen molar-refractivity contribution in [1.29, 1.82) is 0 Å². The number of para-hydroxylation sites is 1. The maximum atomic E-state index is 12.5. The lowest BCUT2D eigenvalue weighted by Gasteiger charge is -2.23. The van der Waals surface area contributed by atoms with Crippen LogP contribution in [0.4, 0.5) is 10.5 Å². The monoisotopic (exact) mass is 317 g/mol. The molecule has 1 saturated heterocycles. The quantitative estimate of drug-likeness (QED) is 0.816. The molecule has 1 aromatic carbocycles. The molecule has 0 saturated carbocycles. The maximum absolute atomic E-state index is 12.5. The summed E-state index contributed by atoms with van der Waals surface area (Å²) in [5.74, 6) is -0.301. The van der Waals surface area contributed by atoms with Gasteiger partial charge in [0.05, 0.1) is 0 Å². The number of rotatable bonds is 6. The highest BCUT2D eigenvalue weighted by Crippen LogP contribution is 2.17. The van der Waals surface area contributed by atoms with Gasteiger partial charge in [0.1, 0.15) is 12.6 Å². The lowest BCUT2D eigenvalue weighted by molar-refractivity contribution is -0.131. The van der Waals surface area contributed by atoms with E-state index < -0.39 is 12.1 Å². The zero-order chi connectivity index (χ0) is 17.0. The minimum atomic E-state index is -0.526. The SMILES string of the molecule is CCN(C(=O)CN1C(=O)NC(CC(C)C)C1=O)c1ccccc1. The lowest BCUT2D eigenvalue weighted by atomic mass is 10.0. The highest BCUT2D eigenvalue weighted by Gasteiger charge is 2.39. The summed E-state index contributed by atoms with van der Waals surface area (Å²) in [6.45, 7) is 6.07. The molecule has 6 heteroatoms. The highest BCUT2D eigenvalue weighted by molar-refractivity contribution is 6.08. The summed E-state index contributed by atoms with van der Waals surface area (Å²) < 4.78 is 0. The zero-order valence-electron chi connectivity index (χ0n) is 13.8. The minimum absolute atomic E-state index is 0.234. The molecule has 1 aliphatic rings. The summed E-state index contributed by atoms with van der Waals surface area (Å²) in [6.07, 6.45) is 0.575. The van der Waals surface area contributed by atoms with Crippen molar-refractivity contribution in [3.05, 3.63) is 30.3 Å². The third-order valence-electron chi connectivity index (χ3n) is 3.79. The molecule has 0 radical (unpaired) electrons. The third-order valence-corrected chi connectivity index (χ3v) is 3.79. The Hall–Kier alpha value is -2.37. The van der Waals surface area contributed by atoms with Crippen molar-refractivity contribution in [1.82, 2.24) is 10.2 Å². The summed E-state index contributed by atoms with van der Waals surface area (Å²) in [5.41, 5.74) is 0.755. The second kappa shape index (κ2) is 7.26. The van der Waals surface area contributed by atoms with E-state index in [2.05, 4.69) is 5.32 Å². The summed E-state index contributed by atoms with van der Waals surface area (Å²) >= 11 is 0. The molecule has 0 aliphatic carbocycles. The summed E-state index contributed by atoms with van der Waals surface area (Å²) in [4.78, 5) is 39.4. The number of anilines is 1. The van der Waals surface area contributed by atoms with Crippen molar-refractivity contribution in [3.63, 3.8) is 0 Å². The molecule has 1 fully saturated rings. The Balaban J connectivity index is 2.07. The number of nitrogens with one attached hydrogen (secondary N) is 1. The van der Waals surface area contributed by atoms with Crippen LogP contribution in [0.2, 0.25) is 0 Å². The number of hydrogen-bond acceptors (Lipinski definition) is 3. The molecular formula is C17H23N3O3. The molecule has 23 heavy (non-hydrogen) atoms. The number of urea groups is 1. The van der Waals surface area contributed by atoms with E-state index in [1.54, 1.807) is 4.90 Å². The van der Waals surface area contributed by atoms with Gasteiger partial charge >= 0.3 is 6.03 Å². The van der Waals surface area contributed by atoms with Gasteiger partial charge in [0.15, 0.2) is 0 Å². The fourth-order valence-corrected chi connectivity index (χ4v) is 2.69. The summed E-state index contributed by atoms with van der Waals surface area (Å²) in [6, 6.07) is 8.20. The summed E-state index contributed by atoms with van der Waals surface area (Å²) in [7, 11) is 0. The van der Waals surface area contributed by atoms with Crippen LogP contribution in [-0.4, -0.2) is 41.9 Å². The number of carbonyl (C=O) groups excluding carboxylic acids is 3. The molecular weight excluding hydrogens is 294 g/mol. The number of nitrogens with zero attached hydrogens (tertiary/aromatic N) is 2. The number of benzene rings is 1. The van der Waals surface area contributed by atoms with Crippen LogP contribution in [-0.2, 0) is 9.59 Å². The predicted octanol–water partition coefficient (Wildman–Crippen LogP) is 2.01. The largest absolute Gasteiger partial charge is 0.326 e. The average molecular weight is 317 g/mol. The van der Waals surface area contributed by atoms with Crippen LogP contribution in [0.5, 0.6) is 0 Å². The van der Waals surface area contributed by atoms with Gasteiger partial charge in [-0.1, -0.05) is 32.0 Å². The Morgan fingerprint density at radius 1 is 1.26 bits per heavy atom. The Kier molecular flexibility index (Phi) is 5.36. The van der Waals surface area contributed by atoms with E-state index in [0.717, 1.165) is 10.6 Å². The molecule has 6 nitrogen and oxygen atoms in total. The first-order chi connectivity index (χ1) is 10.9. The number of imide groups is 1. The Labute approximate surface area is 136 Å². The maximum Gasteiger partial charge on any atom is 0.325 e. The smallest absolute Gasteiger partial charge is 0.325 e. The Morgan fingerprint density at radius 2 is 1.91 bits per heavy atom. The van der Waals surface area contributed by atoms with Gasteiger partial charge in [-0.3, -0.25) is 14.5 Å². The molecule has 1 aromatic rings. The number of likely N-dealkylation sites (N-methyl/N-ethyl adjacent to an activating group) is 1. The van der Waals surface area contributed by atoms with E-state index in [4.69, 9.17) is 0 Å². The Morgan fingerprint density at radius 3 is 2.48 bits per heavy atom. The normalized spacial score (nSPS) is 17.6. The minimum Gasteiger partial charge on any atom is -0.326 e. The van der Waals surface area contributed by atoms with Gasteiger partial charge in [0.25, 0.3) is 5.91 Å². The predicted molar refractivity (Wildman–Crippen MR) is 88.0 cm³/mol. The van der Waals surface area contributed by atoms with Crippen molar-refractivity contribution in [2.45, 2.75) is 33.2 Å². The molecule has 4 amide bonds. The van der Waals surface area contributed by atoms with Gasteiger partial charge in [-0.2, -0.15) is 0 Å². The van der Waals surface area contributed by atoms with E-state index in [1.165, 1.54) is 0 Å². The van der Waals surface area contributed by atoms with Gasteiger partial charge in [-0.05, 0) is 31.4 Å².